The predicted molar refractivity (Wildman–Crippen MR) is 111 cm³/mol. The minimum absolute atomic E-state index is 0.323. The maximum absolute atomic E-state index is 10.5. The first kappa shape index (κ1) is 20.2. The van der Waals surface area contributed by atoms with Gasteiger partial charge in [0.25, 0.3) is 0 Å². The van der Waals surface area contributed by atoms with Crippen LogP contribution in [0.3, 0.4) is 0 Å². The maximum Gasteiger partial charge on any atom is 0.229 e. The molecule has 0 unspecified atom stereocenters. The Kier molecular flexibility index (Phi) is 6.57. The molecule has 0 aliphatic heterocycles. The van der Waals surface area contributed by atoms with E-state index in [0.29, 0.717) is 23.4 Å². The molecular weight excluding hydrogens is 356 g/mol. The Bertz CT molecular complexity index is 795. The summed E-state index contributed by atoms with van der Waals surface area (Å²) in [5.74, 6) is 3.06. The van der Waals surface area contributed by atoms with E-state index in [0.717, 1.165) is 23.6 Å². The van der Waals surface area contributed by atoms with Crippen molar-refractivity contribution < 1.29 is 14.6 Å². The fourth-order valence-electron chi connectivity index (χ4n) is 3.27. The van der Waals surface area contributed by atoms with Gasteiger partial charge in [0.1, 0.15) is 11.9 Å². The van der Waals surface area contributed by atoms with E-state index in [2.05, 4.69) is 20.6 Å². The van der Waals surface area contributed by atoms with Crippen LogP contribution < -0.4 is 20.1 Å². The SMILES string of the molecule is CNc1cc(C)nc(Nc2ccc(OC)c(O[C@H](C)[C@H](O)CC3CCC3)c2)n1. The zero-order valence-electron chi connectivity index (χ0n) is 17.0. The molecule has 1 saturated carbocycles. The minimum Gasteiger partial charge on any atom is -0.493 e. The number of hydrogen-bond donors (Lipinski definition) is 3. The number of methoxy groups -OCH3 is 1. The number of aromatic nitrogens is 2. The van der Waals surface area contributed by atoms with Crippen LogP contribution in [0.2, 0.25) is 0 Å². The Hall–Kier alpha value is -2.54. The van der Waals surface area contributed by atoms with Gasteiger partial charge in [0.15, 0.2) is 11.5 Å². The molecule has 2 aromatic rings. The molecule has 1 aliphatic rings. The van der Waals surface area contributed by atoms with Gasteiger partial charge in [-0.05, 0) is 38.3 Å². The number of aliphatic hydroxyl groups excluding tert-OH is 1. The molecule has 0 spiro atoms. The van der Waals surface area contributed by atoms with Crippen molar-refractivity contribution in [1.82, 2.24) is 9.97 Å². The van der Waals surface area contributed by atoms with E-state index in [1.807, 2.05) is 45.2 Å². The zero-order valence-corrected chi connectivity index (χ0v) is 17.0. The van der Waals surface area contributed by atoms with Crippen LogP contribution in [0, 0.1) is 12.8 Å². The van der Waals surface area contributed by atoms with Crippen LogP contribution in [-0.4, -0.2) is 41.4 Å². The highest BCUT2D eigenvalue weighted by atomic mass is 16.5. The molecule has 1 aliphatic carbocycles. The highest BCUT2D eigenvalue weighted by Crippen LogP contribution is 2.34. The molecule has 1 fully saturated rings. The first-order chi connectivity index (χ1) is 13.5. The summed E-state index contributed by atoms with van der Waals surface area (Å²) in [7, 11) is 3.43. The lowest BCUT2D eigenvalue weighted by Crippen LogP contribution is -2.32. The van der Waals surface area contributed by atoms with Gasteiger partial charge in [-0.3, -0.25) is 0 Å². The molecule has 0 amide bonds. The van der Waals surface area contributed by atoms with Gasteiger partial charge in [0.05, 0.1) is 13.2 Å². The summed E-state index contributed by atoms with van der Waals surface area (Å²) in [4.78, 5) is 8.82. The van der Waals surface area contributed by atoms with Crippen molar-refractivity contribution in [3.63, 3.8) is 0 Å². The van der Waals surface area contributed by atoms with Gasteiger partial charge >= 0.3 is 0 Å². The lowest BCUT2D eigenvalue weighted by molar-refractivity contribution is 0.0200. The van der Waals surface area contributed by atoms with Crippen molar-refractivity contribution >= 4 is 17.5 Å². The number of nitrogens with one attached hydrogen (secondary N) is 2. The first-order valence-electron chi connectivity index (χ1n) is 9.81. The van der Waals surface area contributed by atoms with Gasteiger partial charge in [-0.1, -0.05) is 19.3 Å². The highest BCUT2D eigenvalue weighted by Gasteiger charge is 2.25. The normalized spacial score (nSPS) is 16.0. The van der Waals surface area contributed by atoms with Crippen LogP contribution in [0.1, 0.15) is 38.3 Å². The van der Waals surface area contributed by atoms with Gasteiger partial charge in [0, 0.05) is 30.6 Å². The summed E-state index contributed by atoms with van der Waals surface area (Å²) in [6.45, 7) is 3.81. The third kappa shape index (κ3) is 5.04. The number of hydrogen-bond acceptors (Lipinski definition) is 7. The van der Waals surface area contributed by atoms with E-state index in [-0.39, 0.29) is 6.10 Å². The quantitative estimate of drug-likeness (QED) is 0.602. The van der Waals surface area contributed by atoms with Crippen molar-refractivity contribution in [2.45, 2.75) is 51.7 Å². The Labute approximate surface area is 166 Å². The van der Waals surface area contributed by atoms with Crippen LogP contribution in [-0.2, 0) is 0 Å². The van der Waals surface area contributed by atoms with E-state index in [1.165, 1.54) is 19.3 Å². The average molecular weight is 386 g/mol. The maximum atomic E-state index is 10.5. The van der Waals surface area contributed by atoms with Crippen LogP contribution in [0.5, 0.6) is 11.5 Å². The number of benzene rings is 1. The molecule has 0 saturated heterocycles. The highest BCUT2D eigenvalue weighted by molar-refractivity contribution is 5.60. The second-order valence-corrected chi connectivity index (χ2v) is 7.38. The monoisotopic (exact) mass is 386 g/mol. The Morgan fingerprint density at radius 3 is 2.64 bits per heavy atom. The third-order valence-electron chi connectivity index (χ3n) is 5.18. The molecule has 3 N–H and O–H groups in total. The Morgan fingerprint density at radius 2 is 2.00 bits per heavy atom. The minimum atomic E-state index is -0.495. The molecule has 7 nitrogen and oxygen atoms in total. The van der Waals surface area contributed by atoms with E-state index >= 15 is 0 Å². The average Bonchev–Trinajstić information content (AvgIpc) is 2.64. The third-order valence-corrected chi connectivity index (χ3v) is 5.18. The molecule has 0 bridgehead atoms. The number of anilines is 3. The van der Waals surface area contributed by atoms with Gasteiger partial charge in [0.2, 0.25) is 5.95 Å². The molecule has 3 rings (SSSR count). The Balaban J connectivity index is 1.73. The smallest absolute Gasteiger partial charge is 0.229 e. The molecule has 28 heavy (non-hydrogen) atoms. The lowest BCUT2D eigenvalue weighted by Gasteiger charge is -2.30. The van der Waals surface area contributed by atoms with Crippen LogP contribution in [0.25, 0.3) is 0 Å². The number of aliphatic hydroxyl groups is 1. The summed E-state index contributed by atoms with van der Waals surface area (Å²) in [5, 5.41) is 16.7. The van der Waals surface area contributed by atoms with Gasteiger partial charge < -0.3 is 25.2 Å². The van der Waals surface area contributed by atoms with Crippen molar-refractivity contribution in [3.05, 3.63) is 30.0 Å². The number of nitrogens with zero attached hydrogens (tertiary/aromatic N) is 2. The summed E-state index contributed by atoms with van der Waals surface area (Å²) >= 11 is 0. The lowest BCUT2D eigenvalue weighted by atomic mass is 9.81. The first-order valence-corrected chi connectivity index (χ1v) is 9.81. The molecule has 1 aromatic carbocycles. The zero-order chi connectivity index (χ0) is 20.1. The van der Waals surface area contributed by atoms with Gasteiger partial charge in [-0.2, -0.15) is 4.98 Å². The predicted octanol–water partition coefficient (Wildman–Crippen LogP) is 3.90. The van der Waals surface area contributed by atoms with Crippen molar-refractivity contribution in [3.8, 4) is 11.5 Å². The summed E-state index contributed by atoms with van der Waals surface area (Å²) in [5.41, 5.74) is 1.64. The van der Waals surface area contributed by atoms with Crippen LogP contribution in [0.15, 0.2) is 24.3 Å². The molecule has 152 valence electrons. The van der Waals surface area contributed by atoms with E-state index in [9.17, 15) is 5.11 Å². The fraction of sp³-hybridized carbons (Fsp3) is 0.524. The van der Waals surface area contributed by atoms with Crippen molar-refractivity contribution in [2.24, 2.45) is 5.92 Å². The second-order valence-electron chi connectivity index (χ2n) is 7.38. The molecule has 2 atom stereocenters. The van der Waals surface area contributed by atoms with Gasteiger partial charge in [-0.25, -0.2) is 4.98 Å². The van der Waals surface area contributed by atoms with Crippen molar-refractivity contribution in [2.75, 3.05) is 24.8 Å². The largest absolute Gasteiger partial charge is 0.493 e. The molecular formula is C21H30N4O3. The molecule has 0 radical (unpaired) electrons. The van der Waals surface area contributed by atoms with Crippen LogP contribution in [0.4, 0.5) is 17.5 Å². The van der Waals surface area contributed by atoms with E-state index in [1.54, 1.807) is 7.11 Å². The molecule has 1 aromatic heterocycles. The molecule has 1 heterocycles. The number of aryl methyl sites for hydroxylation is 1. The number of rotatable bonds is 9. The standard InChI is InChI=1S/C21H30N4O3/c1-13-10-20(22-3)25-21(23-13)24-16-8-9-18(27-4)19(12-16)28-14(2)17(26)11-15-6-5-7-15/h8-10,12,14-15,17,26H,5-7,11H2,1-4H3,(H2,22,23,24,25)/t14-,17-/m1/s1. The van der Waals surface area contributed by atoms with E-state index in [4.69, 9.17) is 9.47 Å². The van der Waals surface area contributed by atoms with Crippen molar-refractivity contribution in [1.29, 1.82) is 0 Å². The summed E-state index contributed by atoms with van der Waals surface area (Å²) in [6.07, 6.45) is 3.64. The molecule has 7 heteroatoms. The van der Waals surface area contributed by atoms with Gasteiger partial charge in [-0.15, -0.1) is 0 Å². The summed E-state index contributed by atoms with van der Waals surface area (Å²) < 4.78 is 11.5. The van der Waals surface area contributed by atoms with Crippen LogP contribution >= 0.6 is 0 Å². The topological polar surface area (TPSA) is 88.5 Å². The second kappa shape index (κ2) is 9.10. The summed E-state index contributed by atoms with van der Waals surface area (Å²) in [6, 6.07) is 7.43. The Morgan fingerprint density at radius 1 is 1.21 bits per heavy atom. The number of ether oxygens (including phenoxy) is 2. The fourth-order valence-corrected chi connectivity index (χ4v) is 3.27. The van der Waals surface area contributed by atoms with E-state index < -0.39 is 6.10 Å².